The molecule has 26 heavy (non-hydrogen) atoms. The van der Waals surface area contributed by atoms with Crippen molar-refractivity contribution in [2.24, 2.45) is 0 Å². The van der Waals surface area contributed by atoms with E-state index in [0.717, 1.165) is 6.08 Å². The lowest BCUT2D eigenvalue weighted by Crippen LogP contribution is -2.43. The highest BCUT2D eigenvalue weighted by Gasteiger charge is 2.09. The molecule has 8 nitrogen and oxygen atoms in total. The van der Waals surface area contributed by atoms with E-state index in [1.165, 1.54) is 36.7 Å². The van der Waals surface area contributed by atoms with E-state index in [1.807, 2.05) is 0 Å². The summed E-state index contributed by atoms with van der Waals surface area (Å²) in [5, 5.41) is 11.2. The molecule has 0 bridgehead atoms. The number of rotatable bonds is 6. The van der Waals surface area contributed by atoms with Crippen LogP contribution in [0.2, 0.25) is 0 Å². The number of benzene rings is 1. The number of methoxy groups -OCH3 is 1. The number of amides is 2. The van der Waals surface area contributed by atoms with Gasteiger partial charge in [-0.05, 0) is 35.2 Å². The fourth-order valence-corrected chi connectivity index (χ4v) is 2.40. The lowest BCUT2D eigenvalue weighted by atomic mass is 10.2. The molecule has 2 amide bonds. The molecule has 0 atom stereocenters. The molecule has 0 aliphatic heterocycles. The van der Waals surface area contributed by atoms with Gasteiger partial charge in [-0.15, -0.1) is 11.3 Å². The largest absolute Gasteiger partial charge is 0.504 e. The Kier molecular flexibility index (Phi) is 6.75. The molecule has 2 aromatic rings. The molecule has 1 heterocycles. The fourth-order valence-electron chi connectivity index (χ4n) is 1.78. The Labute approximate surface area is 153 Å². The second kappa shape index (κ2) is 9.23. The Morgan fingerprint density at radius 3 is 2.73 bits per heavy atom. The molecule has 0 saturated heterocycles. The van der Waals surface area contributed by atoms with E-state index in [1.54, 1.807) is 23.6 Å². The van der Waals surface area contributed by atoms with Crippen LogP contribution < -0.4 is 15.6 Å². The molecule has 3 N–H and O–H groups in total. The number of hydrogen-bond donors (Lipinski definition) is 3. The van der Waals surface area contributed by atoms with Crippen LogP contribution in [0.15, 0.2) is 41.8 Å². The Bertz CT molecular complexity index is 817. The number of nitrogens with one attached hydrogen (secondary N) is 2. The number of carbonyl (C=O) groups is 3. The first kappa shape index (κ1) is 19.0. The van der Waals surface area contributed by atoms with Crippen molar-refractivity contribution in [2.75, 3.05) is 13.7 Å². The fraction of sp³-hybridized carbons (Fsp3) is 0.118. The first-order valence-corrected chi connectivity index (χ1v) is 8.22. The third kappa shape index (κ3) is 5.64. The van der Waals surface area contributed by atoms with Gasteiger partial charge in [-0.3, -0.25) is 20.4 Å². The summed E-state index contributed by atoms with van der Waals surface area (Å²) in [5.41, 5.74) is 4.95. The summed E-state index contributed by atoms with van der Waals surface area (Å²) in [6.07, 6.45) is 2.57. The van der Waals surface area contributed by atoms with Crippen LogP contribution in [0.3, 0.4) is 0 Å². The number of phenols is 1. The van der Waals surface area contributed by atoms with Crippen LogP contribution in [-0.4, -0.2) is 36.6 Å². The van der Waals surface area contributed by atoms with Crippen molar-refractivity contribution >= 4 is 35.2 Å². The van der Waals surface area contributed by atoms with Gasteiger partial charge in [0.1, 0.15) is 0 Å². The Hall–Kier alpha value is -3.33. The predicted octanol–water partition coefficient (Wildman–Crippen LogP) is 1.48. The highest BCUT2D eigenvalue weighted by Crippen LogP contribution is 2.26. The summed E-state index contributed by atoms with van der Waals surface area (Å²) in [6.45, 7) is -0.549. The minimum atomic E-state index is -0.739. The van der Waals surface area contributed by atoms with Crippen LogP contribution in [0.25, 0.3) is 6.08 Å². The molecule has 0 fully saturated rings. The van der Waals surface area contributed by atoms with E-state index < -0.39 is 24.4 Å². The monoisotopic (exact) mass is 376 g/mol. The van der Waals surface area contributed by atoms with Gasteiger partial charge in [-0.2, -0.15) is 0 Å². The second-order valence-electron chi connectivity index (χ2n) is 4.85. The average molecular weight is 376 g/mol. The number of esters is 1. The summed E-state index contributed by atoms with van der Waals surface area (Å²) in [5.74, 6) is -1.63. The molecule has 0 radical (unpaired) electrons. The molecular formula is C17H16N2O6S. The maximum absolute atomic E-state index is 11.6. The topological polar surface area (TPSA) is 114 Å². The van der Waals surface area contributed by atoms with Gasteiger partial charge in [0.05, 0.1) is 12.0 Å². The van der Waals surface area contributed by atoms with E-state index in [4.69, 9.17) is 9.47 Å². The zero-order valence-electron chi connectivity index (χ0n) is 13.7. The maximum Gasteiger partial charge on any atom is 0.331 e. The van der Waals surface area contributed by atoms with Crippen molar-refractivity contribution in [3.8, 4) is 11.5 Å². The molecule has 0 saturated carbocycles. The van der Waals surface area contributed by atoms with Crippen molar-refractivity contribution in [1.82, 2.24) is 10.9 Å². The van der Waals surface area contributed by atoms with Crippen molar-refractivity contribution in [3.63, 3.8) is 0 Å². The zero-order chi connectivity index (χ0) is 18.9. The number of hydrogen-bond acceptors (Lipinski definition) is 7. The molecule has 0 spiro atoms. The van der Waals surface area contributed by atoms with Crippen molar-refractivity contribution < 1.29 is 29.0 Å². The number of carbonyl (C=O) groups excluding carboxylic acids is 3. The van der Waals surface area contributed by atoms with Gasteiger partial charge in [0.15, 0.2) is 18.1 Å². The lowest BCUT2D eigenvalue weighted by molar-refractivity contribution is -0.144. The molecule has 0 aliphatic rings. The van der Waals surface area contributed by atoms with Gasteiger partial charge in [0.25, 0.3) is 11.8 Å². The van der Waals surface area contributed by atoms with Crippen LogP contribution in [0.5, 0.6) is 11.5 Å². The highest BCUT2D eigenvalue weighted by atomic mass is 32.1. The lowest BCUT2D eigenvalue weighted by Gasteiger charge is -2.06. The number of thiophene rings is 1. The van der Waals surface area contributed by atoms with E-state index in [2.05, 4.69) is 10.9 Å². The first-order chi connectivity index (χ1) is 12.5. The minimum absolute atomic E-state index is 0.0199. The molecule has 0 unspecified atom stereocenters. The number of phenolic OH excluding ortho intramolecular Hbond substituents is 1. The van der Waals surface area contributed by atoms with Crippen LogP contribution in [0.1, 0.15) is 15.2 Å². The maximum atomic E-state index is 11.6. The molecular weight excluding hydrogens is 360 g/mol. The van der Waals surface area contributed by atoms with Gasteiger partial charge in [-0.1, -0.05) is 12.1 Å². The predicted molar refractivity (Wildman–Crippen MR) is 94.6 cm³/mol. The average Bonchev–Trinajstić information content (AvgIpc) is 3.18. The summed E-state index contributed by atoms with van der Waals surface area (Å²) in [6, 6.07) is 7.85. The summed E-state index contributed by atoms with van der Waals surface area (Å²) >= 11 is 1.23. The SMILES string of the molecule is COc1cc(C=CC(=O)OCC(=O)NNC(=O)c2cccs2)ccc1O. The van der Waals surface area contributed by atoms with Gasteiger partial charge < -0.3 is 14.6 Å². The molecule has 9 heteroatoms. The van der Waals surface area contributed by atoms with E-state index >= 15 is 0 Å². The van der Waals surface area contributed by atoms with E-state index in [-0.39, 0.29) is 11.5 Å². The van der Waals surface area contributed by atoms with Gasteiger partial charge >= 0.3 is 5.97 Å². The molecule has 2 rings (SSSR count). The van der Waals surface area contributed by atoms with Crippen molar-refractivity contribution in [2.45, 2.75) is 0 Å². The molecule has 0 aliphatic carbocycles. The molecule has 136 valence electrons. The summed E-state index contributed by atoms with van der Waals surface area (Å²) < 4.78 is 9.72. The van der Waals surface area contributed by atoms with E-state index in [9.17, 15) is 19.5 Å². The summed E-state index contributed by atoms with van der Waals surface area (Å²) in [7, 11) is 1.41. The van der Waals surface area contributed by atoms with Crippen LogP contribution in [0, 0.1) is 0 Å². The van der Waals surface area contributed by atoms with Crippen LogP contribution >= 0.6 is 11.3 Å². The quantitative estimate of drug-likeness (QED) is 0.400. The van der Waals surface area contributed by atoms with Crippen molar-refractivity contribution in [1.29, 1.82) is 0 Å². The highest BCUT2D eigenvalue weighted by molar-refractivity contribution is 7.12. The van der Waals surface area contributed by atoms with Crippen molar-refractivity contribution in [3.05, 3.63) is 52.2 Å². The van der Waals surface area contributed by atoms with Gasteiger partial charge in [0.2, 0.25) is 0 Å². The Morgan fingerprint density at radius 2 is 2.04 bits per heavy atom. The van der Waals surface area contributed by atoms with E-state index in [0.29, 0.717) is 10.4 Å². The smallest absolute Gasteiger partial charge is 0.331 e. The Balaban J connectivity index is 1.75. The van der Waals surface area contributed by atoms with Crippen LogP contribution in [-0.2, 0) is 14.3 Å². The molecule has 1 aromatic heterocycles. The van der Waals surface area contributed by atoms with Gasteiger partial charge in [0, 0.05) is 6.08 Å². The third-order valence-electron chi connectivity index (χ3n) is 3.02. The van der Waals surface area contributed by atoms with Crippen LogP contribution in [0.4, 0.5) is 0 Å². The number of ether oxygens (including phenoxy) is 2. The molecule has 1 aromatic carbocycles. The number of aromatic hydroxyl groups is 1. The Morgan fingerprint density at radius 1 is 1.23 bits per heavy atom. The normalized spacial score (nSPS) is 10.3. The van der Waals surface area contributed by atoms with Gasteiger partial charge in [-0.25, -0.2) is 4.79 Å². The third-order valence-corrected chi connectivity index (χ3v) is 3.89. The standard InChI is InChI=1S/C17H16N2O6S/c1-24-13-9-11(4-6-12(13)20)5-7-16(22)25-10-15(21)18-19-17(23)14-3-2-8-26-14/h2-9,20H,10H2,1H3,(H,18,21)(H,19,23). The first-order valence-electron chi connectivity index (χ1n) is 7.34. The summed E-state index contributed by atoms with van der Waals surface area (Å²) in [4.78, 5) is 35.2. The minimum Gasteiger partial charge on any atom is -0.504 e. The zero-order valence-corrected chi connectivity index (χ0v) is 14.5. The second-order valence-corrected chi connectivity index (χ2v) is 5.80. The number of hydrazine groups is 1.